The van der Waals surface area contributed by atoms with E-state index in [1.807, 2.05) is 45.0 Å². The van der Waals surface area contributed by atoms with E-state index in [-0.39, 0.29) is 24.0 Å². The minimum Gasteiger partial charge on any atom is -0.375 e. The highest BCUT2D eigenvalue weighted by Gasteiger charge is 2.32. The monoisotopic (exact) mass is 464 g/mol. The lowest BCUT2D eigenvalue weighted by molar-refractivity contribution is -0.139. The SMILES string of the molecule is COCC(=O)N(CCCN)C(c1nc(C)c(C)c(=O)n1Cc1cccc2ccccc12)C(C)C. The topological polar surface area (TPSA) is 90.5 Å². The van der Waals surface area contributed by atoms with Gasteiger partial charge in [0.15, 0.2) is 0 Å². The molecule has 0 aliphatic heterocycles. The minimum absolute atomic E-state index is 0.0198. The van der Waals surface area contributed by atoms with E-state index in [1.54, 1.807) is 16.4 Å². The van der Waals surface area contributed by atoms with Crippen LogP contribution in [-0.4, -0.2) is 47.2 Å². The number of amides is 1. The molecule has 0 bridgehead atoms. The van der Waals surface area contributed by atoms with Gasteiger partial charge in [-0.25, -0.2) is 4.98 Å². The Hall–Kier alpha value is -3.03. The summed E-state index contributed by atoms with van der Waals surface area (Å²) in [6, 6.07) is 13.9. The lowest BCUT2D eigenvalue weighted by atomic mass is 9.99. The van der Waals surface area contributed by atoms with Crippen LogP contribution in [0.2, 0.25) is 0 Å². The third-order valence-electron chi connectivity index (χ3n) is 6.30. The Kier molecular flexibility index (Phi) is 8.58. The van der Waals surface area contributed by atoms with E-state index in [1.165, 1.54) is 7.11 Å². The van der Waals surface area contributed by atoms with Crippen molar-refractivity contribution in [2.24, 2.45) is 11.7 Å². The van der Waals surface area contributed by atoms with Gasteiger partial charge in [0.05, 0.1) is 12.6 Å². The molecule has 1 amide bonds. The van der Waals surface area contributed by atoms with E-state index in [9.17, 15) is 9.59 Å². The number of hydrogen-bond donors (Lipinski definition) is 1. The number of carbonyl (C=O) groups is 1. The molecule has 34 heavy (non-hydrogen) atoms. The van der Waals surface area contributed by atoms with Crippen molar-refractivity contribution in [1.29, 1.82) is 0 Å². The summed E-state index contributed by atoms with van der Waals surface area (Å²) in [7, 11) is 1.51. The first kappa shape index (κ1) is 25.6. The van der Waals surface area contributed by atoms with Crippen LogP contribution >= 0.6 is 0 Å². The molecule has 0 spiro atoms. The number of aryl methyl sites for hydroxylation is 1. The highest BCUT2D eigenvalue weighted by molar-refractivity contribution is 5.85. The fourth-order valence-corrected chi connectivity index (χ4v) is 4.44. The number of rotatable bonds is 10. The van der Waals surface area contributed by atoms with Crippen LogP contribution in [0, 0.1) is 19.8 Å². The van der Waals surface area contributed by atoms with Crippen molar-refractivity contribution in [3.05, 3.63) is 75.5 Å². The highest BCUT2D eigenvalue weighted by Crippen LogP contribution is 2.29. The average Bonchev–Trinajstić information content (AvgIpc) is 2.82. The van der Waals surface area contributed by atoms with Gasteiger partial charge in [0.2, 0.25) is 5.91 Å². The maximum absolute atomic E-state index is 13.6. The van der Waals surface area contributed by atoms with Gasteiger partial charge in [-0.05, 0) is 49.1 Å². The van der Waals surface area contributed by atoms with Gasteiger partial charge in [0.25, 0.3) is 5.56 Å². The number of ether oxygens (including phenoxy) is 1. The van der Waals surface area contributed by atoms with Gasteiger partial charge < -0.3 is 15.4 Å². The Morgan fingerprint density at radius 3 is 2.53 bits per heavy atom. The van der Waals surface area contributed by atoms with E-state index >= 15 is 0 Å². The summed E-state index contributed by atoms with van der Waals surface area (Å²) >= 11 is 0. The number of benzene rings is 2. The fourth-order valence-electron chi connectivity index (χ4n) is 4.44. The molecule has 3 aromatic rings. The average molecular weight is 465 g/mol. The first-order valence-corrected chi connectivity index (χ1v) is 11.8. The number of nitrogens with zero attached hydrogens (tertiary/aromatic N) is 3. The summed E-state index contributed by atoms with van der Waals surface area (Å²) in [5.74, 6) is 0.475. The van der Waals surface area contributed by atoms with Crippen LogP contribution in [-0.2, 0) is 16.1 Å². The molecule has 1 heterocycles. The molecule has 2 N–H and O–H groups in total. The molecule has 7 heteroatoms. The van der Waals surface area contributed by atoms with Crippen molar-refractivity contribution in [2.45, 2.75) is 46.7 Å². The molecule has 3 rings (SSSR count). The zero-order valence-electron chi connectivity index (χ0n) is 20.9. The Labute approximate surface area is 201 Å². The standard InChI is InChI=1S/C27H36N4O3/c1-18(2)25(30(15-9-14-28)24(32)17-34-5)26-29-20(4)19(3)27(33)31(26)16-22-12-8-11-21-10-6-7-13-23(21)22/h6-8,10-13,18,25H,9,14-17,28H2,1-5H3. The molecule has 0 aliphatic carbocycles. The van der Waals surface area contributed by atoms with Crippen LogP contribution in [0.25, 0.3) is 10.8 Å². The predicted octanol–water partition coefficient (Wildman–Crippen LogP) is 3.58. The smallest absolute Gasteiger partial charge is 0.257 e. The van der Waals surface area contributed by atoms with Gasteiger partial charge in [-0.1, -0.05) is 56.3 Å². The van der Waals surface area contributed by atoms with Crippen LogP contribution in [0.1, 0.15) is 49.0 Å². The number of nitrogens with two attached hydrogens (primary N) is 1. The van der Waals surface area contributed by atoms with Gasteiger partial charge in [-0.3, -0.25) is 14.2 Å². The molecule has 0 saturated heterocycles. The first-order chi connectivity index (χ1) is 16.3. The second kappa shape index (κ2) is 11.4. The Morgan fingerprint density at radius 1 is 1.15 bits per heavy atom. The summed E-state index contributed by atoms with van der Waals surface area (Å²) in [6.07, 6.45) is 0.650. The summed E-state index contributed by atoms with van der Waals surface area (Å²) in [4.78, 5) is 33.4. The molecular weight excluding hydrogens is 428 g/mol. The van der Waals surface area contributed by atoms with Gasteiger partial charge in [-0.15, -0.1) is 0 Å². The van der Waals surface area contributed by atoms with Crippen molar-refractivity contribution in [3.8, 4) is 0 Å². The number of hydrogen-bond acceptors (Lipinski definition) is 5. The summed E-state index contributed by atoms with van der Waals surface area (Å²) < 4.78 is 6.90. The largest absolute Gasteiger partial charge is 0.375 e. The second-order valence-corrected chi connectivity index (χ2v) is 9.06. The molecule has 1 aromatic heterocycles. The maximum Gasteiger partial charge on any atom is 0.257 e. The van der Waals surface area contributed by atoms with Crippen molar-refractivity contribution in [2.75, 3.05) is 26.8 Å². The lowest BCUT2D eigenvalue weighted by Gasteiger charge is -2.35. The molecular formula is C27H36N4O3. The highest BCUT2D eigenvalue weighted by atomic mass is 16.5. The van der Waals surface area contributed by atoms with Crippen molar-refractivity contribution >= 4 is 16.7 Å². The van der Waals surface area contributed by atoms with Crippen molar-refractivity contribution in [1.82, 2.24) is 14.5 Å². The third-order valence-corrected chi connectivity index (χ3v) is 6.30. The van der Waals surface area contributed by atoms with Crippen LogP contribution in [0.4, 0.5) is 0 Å². The molecule has 0 fully saturated rings. The molecule has 0 aliphatic rings. The number of fused-ring (bicyclic) bond motifs is 1. The van der Waals surface area contributed by atoms with E-state index in [0.29, 0.717) is 43.1 Å². The van der Waals surface area contributed by atoms with Gasteiger partial charge in [-0.2, -0.15) is 0 Å². The van der Waals surface area contributed by atoms with E-state index in [0.717, 1.165) is 16.3 Å². The van der Waals surface area contributed by atoms with Gasteiger partial charge in [0, 0.05) is 24.9 Å². The van der Waals surface area contributed by atoms with Crippen molar-refractivity contribution < 1.29 is 9.53 Å². The number of carbonyl (C=O) groups excluding carboxylic acids is 1. The molecule has 182 valence electrons. The Bertz CT molecular complexity index is 1200. The van der Waals surface area contributed by atoms with Crippen LogP contribution in [0.3, 0.4) is 0 Å². The third kappa shape index (κ3) is 5.37. The molecule has 2 aromatic carbocycles. The van der Waals surface area contributed by atoms with Crippen LogP contribution < -0.4 is 11.3 Å². The lowest BCUT2D eigenvalue weighted by Crippen LogP contribution is -2.44. The normalized spacial score (nSPS) is 12.3. The second-order valence-electron chi connectivity index (χ2n) is 9.06. The summed E-state index contributed by atoms with van der Waals surface area (Å²) in [6.45, 7) is 9.01. The van der Waals surface area contributed by atoms with E-state index in [2.05, 4.69) is 18.2 Å². The first-order valence-electron chi connectivity index (χ1n) is 11.8. The molecule has 0 saturated carbocycles. The van der Waals surface area contributed by atoms with E-state index < -0.39 is 6.04 Å². The van der Waals surface area contributed by atoms with Crippen LogP contribution in [0.5, 0.6) is 0 Å². The predicted molar refractivity (Wildman–Crippen MR) is 136 cm³/mol. The summed E-state index contributed by atoms with van der Waals surface area (Å²) in [5.41, 5.74) is 8.02. The zero-order valence-corrected chi connectivity index (χ0v) is 20.9. The maximum atomic E-state index is 13.6. The molecule has 0 radical (unpaired) electrons. The summed E-state index contributed by atoms with van der Waals surface area (Å²) in [5, 5.41) is 2.21. The number of aromatic nitrogens is 2. The van der Waals surface area contributed by atoms with Gasteiger partial charge >= 0.3 is 0 Å². The zero-order chi connectivity index (χ0) is 24.8. The van der Waals surface area contributed by atoms with Gasteiger partial charge in [0.1, 0.15) is 12.4 Å². The number of methoxy groups -OCH3 is 1. The molecule has 1 atom stereocenters. The Morgan fingerprint density at radius 2 is 1.85 bits per heavy atom. The minimum atomic E-state index is -0.392. The quantitative estimate of drug-likeness (QED) is 0.495. The fraction of sp³-hybridized carbons (Fsp3) is 0.444. The molecule has 1 unspecified atom stereocenters. The Balaban J connectivity index is 2.20. The van der Waals surface area contributed by atoms with Crippen molar-refractivity contribution in [3.63, 3.8) is 0 Å². The van der Waals surface area contributed by atoms with E-state index in [4.69, 9.17) is 15.5 Å². The molecule has 7 nitrogen and oxygen atoms in total. The van der Waals surface area contributed by atoms with Crippen LogP contribution in [0.15, 0.2) is 47.3 Å².